The molecule has 2 aromatic rings. The molecule has 1 fully saturated rings. The molecule has 0 saturated heterocycles. The Morgan fingerprint density at radius 2 is 1.53 bits per heavy atom. The van der Waals surface area contributed by atoms with Crippen LogP contribution in [-0.4, -0.2) is 13.8 Å². The van der Waals surface area contributed by atoms with Crippen molar-refractivity contribution in [1.29, 1.82) is 0 Å². The summed E-state index contributed by atoms with van der Waals surface area (Å²) in [5.41, 5.74) is -0.489. The molecule has 0 unspecified atom stereocenters. The van der Waals surface area contributed by atoms with Crippen LogP contribution >= 0.6 is 0 Å². The summed E-state index contributed by atoms with van der Waals surface area (Å²) in [6.07, 6.45) is 5.43. The van der Waals surface area contributed by atoms with E-state index in [-0.39, 0.29) is 34.8 Å². The van der Waals surface area contributed by atoms with Crippen molar-refractivity contribution in [1.82, 2.24) is 0 Å². The summed E-state index contributed by atoms with van der Waals surface area (Å²) < 4.78 is 88.1. The Morgan fingerprint density at radius 1 is 0.906 bits per heavy atom. The molecule has 174 valence electrons. The van der Waals surface area contributed by atoms with Crippen molar-refractivity contribution in [3.05, 3.63) is 65.0 Å². The highest BCUT2D eigenvalue weighted by Crippen LogP contribution is 2.41. The molecule has 0 atom stereocenters. The monoisotopic (exact) mass is 456 g/mol. The van der Waals surface area contributed by atoms with E-state index in [1.807, 2.05) is 0 Å². The van der Waals surface area contributed by atoms with E-state index < -0.39 is 35.8 Å². The first-order valence-corrected chi connectivity index (χ1v) is 10.8. The highest BCUT2D eigenvalue weighted by atomic mass is 19.2. The fraction of sp³-hybridized carbons (Fsp3) is 0.440. The van der Waals surface area contributed by atoms with E-state index in [0.29, 0.717) is 25.2 Å². The Kier molecular flexibility index (Phi) is 8.26. The molecule has 0 radical (unpaired) electrons. The molecule has 3 rings (SSSR count). The van der Waals surface area contributed by atoms with Gasteiger partial charge in [0.1, 0.15) is 0 Å². The normalized spacial score (nSPS) is 19.3. The van der Waals surface area contributed by atoms with Crippen LogP contribution in [0.15, 0.2) is 36.2 Å². The van der Waals surface area contributed by atoms with Crippen LogP contribution < -0.4 is 4.74 Å². The van der Waals surface area contributed by atoms with Gasteiger partial charge in [0.05, 0.1) is 19.6 Å². The summed E-state index contributed by atoms with van der Waals surface area (Å²) >= 11 is 0. The van der Waals surface area contributed by atoms with Gasteiger partial charge in [0, 0.05) is 17.5 Å². The number of hydrogen-bond donors (Lipinski definition) is 0. The topological polar surface area (TPSA) is 9.23 Å². The van der Waals surface area contributed by atoms with Crippen LogP contribution in [0.3, 0.4) is 0 Å². The molecule has 32 heavy (non-hydrogen) atoms. The molecule has 1 aliphatic carbocycles. The maximum Gasteiger partial charge on any atom is 0.201 e. The predicted octanol–water partition coefficient (Wildman–Crippen LogP) is 8.19. The van der Waals surface area contributed by atoms with E-state index in [2.05, 4.69) is 0 Å². The molecule has 0 heterocycles. The lowest BCUT2D eigenvalue weighted by atomic mass is 9.77. The Labute approximate surface area is 184 Å². The molecule has 7 heteroatoms. The first-order valence-electron chi connectivity index (χ1n) is 10.8. The molecule has 0 aromatic heterocycles. The summed E-state index contributed by atoms with van der Waals surface area (Å²) in [6, 6.07) is 5.04. The minimum Gasteiger partial charge on any atom is -0.494 e. The van der Waals surface area contributed by atoms with Gasteiger partial charge in [-0.1, -0.05) is 18.2 Å². The third-order valence-corrected chi connectivity index (χ3v) is 6.23. The molecule has 0 bridgehead atoms. The molecule has 1 saturated carbocycles. The van der Waals surface area contributed by atoms with Crippen LogP contribution in [0.1, 0.15) is 56.4 Å². The summed E-state index contributed by atoms with van der Waals surface area (Å²) in [7, 11) is 1.18. The molecule has 1 aliphatic rings. The average molecular weight is 456 g/mol. The summed E-state index contributed by atoms with van der Waals surface area (Å²) in [6.45, 7) is -0.714. The van der Waals surface area contributed by atoms with Crippen molar-refractivity contribution in [3.63, 3.8) is 0 Å². The van der Waals surface area contributed by atoms with Crippen LogP contribution in [0, 0.1) is 29.2 Å². The van der Waals surface area contributed by atoms with Crippen molar-refractivity contribution in [2.45, 2.75) is 50.9 Å². The Hall–Kier alpha value is -2.44. The van der Waals surface area contributed by atoms with Crippen LogP contribution in [0.2, 0.25) is 0 Å². The van der Waals surface area contributed by atoms with Crippen molar-refractivity contribution in [3.8, 4) is 16.9 Å². The zero-order chi connectivity index (χ0) is 23.3. The molecular formula is C25H26F6O. The van der Waals surface area contributed by atoms with Gasteiger partial charge in [-0.05, 0) is 68.1 Å². The number of allylic oxidation sites excluding steroid dienone is 2. The summed E-state index contributed by atoms with van der Waals surface area (Å²) in [4.78, 5) is 0. The Bertz CT molecular complexity index is 963. The number of rotatable bonds is 8. The highest BCUT2D eigenvalue weighted by Gasteiger charge is 2.27. The van der Waals surface area contributed by atoms with Crippen LogP contribution in [0.25, 0.3) is 11.1 Å². The largest absolute Gasteiger partial charge is 0.494 e. The first kappa shape index (κ1) is 24.2. The van der Waals surface area contributed by atoms with Gasteiger partial charge in [-0.25, -0.2) is 17.6 Å². The van der Waals surface area contributed by atoms with Gasteiger partial charge >= 0.3 is 0 Å². The third-order valence-electron chi connectivity index (χ3n) is 6.23. The predicted molar refractivity (Wildman–Crippen MR) is 112 cm³/mol. The fourth-order valence-corrected chi connectivity index (χ4v) is 4.42. The Morgan fingerprint density at radius 3 is 2.16 bits per heavy atom. The number of methoxy groups -OCH3 is 1. The van der Waals surface area contributed by atoms with Gasteiger partial charge in [-0.3, -0.25) is 4.39 Å². The molecule has 0 aliphatic heterocycles. The van der Waals surface area contributed by atoms with Crippen LogP contribution in [-0.2, 0) is 0 Å². The number of alkyl halides is 1. The number of hydrogen-bond acceptors (Lipinski definition) is 1. The lowest BCUT2D eigenvalue weighted by Gasteiger charge is -2.29. The lowest BCUT2D eigenvalue weighted by molar-refractivity contribution is 0.305. The number of halogens is 6. The van der Waals surface area contributed by atoms with Crippen LogP contribution in [0.4, 0.5) is 26.3 Å². The zero-order valence-electron chi connectivity index (χ0n) is 17.9. The summed E-state index contributed by atoms with van der Waals surface area (Å²) in [5.74, 6) is -5.39. The lowest BCUT2D eigenvalue weighted by Crippen LogP contribution is -2.15. The van der Waals surface area contributed by atoms with Gasteiger partial charge in [0.15, 0.2) is 23.2 Å². The van der Waals surface area contributed by atoms with E-state index in [0.717, 1.165) is 25.3 Å². The molecule has 0 N–H and O–H groups in total. The van der Waals surface area contributed by atoms with Crippen molar-refractivity contribution < 1.29 is 31.1 Å². The van der Waals surface area contributed by atoms with Gasteiger partial charge in [0.25, 0.3) is 0 Å². The highest BCUT2D eigenvalue weighted by molar-refractivity contribution is 5.66. The fourth-order valence-electron chi connectivity index (χ4n) is 4.42. The Balaban J connectivity index is 1.69. The smallest absolute Gasteiger partial charge is 0.201 e. The molecule has 0 spiro atoms. The molecule has 0 amide bonds. The second kappa shape index (κ2) is 10.9. The standard InChI is InChI=1S/C25H26F6O/c1-32-21-12-11-20(24(30)25(21)31)19-10-9-18(22(28)23(19)29)16-7-5-15(6-8-16)3-2-4-17(27)13-14-26/h4,9-12,15-16H,2-3,5-8,13-14H2,1H3. The third kappa shape index (κ3) is 5.30. The average Bonchev–Trinajstić information content (AvgIpc) is 2.79. The first-order chi connectivity index (χ1) is 15.4. The van der Waals surface area contributed by atoms with E-state index in [1.165, 1.54) is 31.4 Å². The maximum absolute atomic E-state index is 14.9. The van der Waals surface area contributed by atoms with Crippen molar-refractivity contribution in [2.24, 2.45) is 5.92 Å². The van der Waals surface area contributed by atoms with E-state index in [4.69, 9.17) is 4.74 Å². The number of benzene rings is 2. The van der Waals surface area contributed by atoms with Crippen molar-refractivity contribution in [2.75, 3.05) is 13.8 Å². The van der Waals surface area contributed by atoms with Gasteiger partial charge < -0.3 is 4.74 Å². The van der Waals surface area contributed by atoms with Crippen molar-refractivity contribution >= 4 is 0 Å². The second-order valence-electron chi connectivity index (χ2n) is 8.16. The maximum atomic E-state index is 14.9. The second-order valence-corrected chi connectivity index (χ2v) is 8.16. The van der Waals surface area contributed by atoms with Gasteiger partial charge in [0.2, 0.25) is 5.82 Å². The number of ether oxygens (including phenoxy) is 1. The minimum atomic E-state index is -1.30. The minimum absolute atomic E-state index is 0.175. The van der Waals surface area contributed by atoms with Gasteiger partial charge in [-0.2, -0.15) is 4.39 Å². The quantitative estimate of drug-likeness (QED) is 0.364. The molecule has 2 aromatic carbocycles. The summed E-state index contributed by atoms with van der Waals surface area (Å²) in [5, 5.41) is 0. The SMILES string of the molecule is COc1ccc(-c2ccc(C3CCC(CCC=C(F)CCF)CC3)c(F)c2F)c(F)c1F. The zero-order valence-corrected chi connectivity index (χ0v) is 17.9. The van der Waals surface area contributed by atoms with E-state index in [9.17, 15) is 26.3 Å². The molecular weight excluding hydrogens is 430 g/mol. The van der Waals surface area contributed by atoms with E-state index in [1.54, 1.807) is 0 Å². The van der Waals surface area contributed by atoms with Gasteiger partial charge in [-0.15, -0.1) is 0 Å². The van der Waals surface area contributed by atoms with Crippen LogP contribution in [0.5, 0.6) is 5.75 Å². The molecule has 1 nitrogen and oxygen atoms in total. The van der Waals surface area contributed by atoms with E-state index >= 15 is 0 Å².